The van der Waals surface area contributed by atoms with Crippen LogP contribution in [0.1, 0.15) is 13.8 Å². The number of rotatable bonds is 0. The van der Waals surface area contributed by atoms with E-state index in [1.54, 1.807) is 0 Å². The van der Waals surface area contributed by atoms with Gasteiger partial charge in [-0.3, -0.25) is 0 Å². The van der Waals surface area contributed by atoms with Crippen molar-refractivity contribution in [3.63, 3.8) is 0 Å². The molecule has 0 saturated heterocycles. The number of nitrogens with one attached hydrogen (secondary N) is 1. The molecule has 1 heterocycles. The lowest BCUT2D eigenvalue weighted by Crippen LogP contribution is -2.08. The Hall–Kier alpha value is -0.530. The van der Waals surface area contributed by atoms with Gasteiger partial charge in [-0.2, -0.15) is 5.10 Å². The summed E-state index contributed by atoms with van der Waals surface area (Å²) >= 11 is 0. The van der Waals surface area contributed by atoms with Crippen LogP contribution in [0.4, 0.5) is 0 Å². The second-order valence-electron chi connectivity index (χ2n) is 2.02. The predicted octanol–water partition coefficient (Wildman–Crippen LogP) is 0.602. The maximum Gasteiger partial charge on any atom is 0.0408 e. The third-order valence-electron chi connectivity index (χ3n) is 1.37. The molecule has 1 unspecified atom stereocenters. The minimum Gasteiger partial charge on any atom is -0.309 e. The molecule has 0 bridgehead atoms. The van der Waals surface area contributed by atoms with E-state index in [0.29, 0.717) is 5.92 Å². The highest BCUT2D eigenvalue weighted by Crippen LogP contribution is 2.00. The summed E-state index contributed by atoms with van der Waals surface area (Å²) in [5.41, 5.74) is 4.13. The Morgan fingerprint density at radius 1 is 1.86 bits per heavy atom. The monoisotopic (exact) mass is 98.1 g/mol. The lowest BCUT2D eigenvalue weighted by atomic mass is 10.1. The zero-order valence-corrected chi connectivity index (χ0v) is 4.73. The largest absolute Gasteiger partial charge is 0.309 e. The average molecular weight is 98.1 g/mol. The van der Waals surface area contributed by atoms with E-state index < -0.39 is 0 Å². The molecule has 1 atom stereocenters. The van der Waals surface area contributed by atoms with Crippen LogP contribution in [-0.4, -0.2) is 12.3 Å². The Labute approximate surface area is 43.6 Å². The first kappa shape index (κ1) is 4.62. The quantitative estimate of drug-likeness (QED) is 0.471. The van der Waals surface area contributed by atoms with Crippen molar-refractivity contribution in [2.75, 3.05) is 6.54 Å². The molecule has 40 valence electrons. The topological polar surface area (TPSA) is 24.4 Å². The molecule has 0 fully saturated rings. The van der Waals surface area contributed by atoms with Gasteiger partial charge in [-0.1, -0.05) is 6.92 Å². The number of hydrazone groups is 1. The predicted molar refractivity (Wildman–Crippen MR) is 30.3 cm³/mol. The van der Waals surface area contributed by atoms with Gasteiger partial charge < -0.3 is 5.43 Å². The highest BCUT2D eigenvalue weighted by molar-refractivity contribution is 5.85. The molecule has 2 heteroatoms. The smallest absolute Gasteiger partial charge is 0.0408 e. The van der Waals surface area contributed by atoms with Gasteiger partial charge in [0.2, 0.25) is 0 Å². The summed E-state index contributed by atoms with van der Waals surface area (Å²) in [4.78, 5) is 0. The van der Waals surface area contributed by atoms with Crippen molar-refractivity contribution in [1.29, 1.82) is 0 Å². The molecular weight excluding hydrogens is 88.1 g/mol. The summed E-state index contributed by atoms with van der Waals surface area (Å²) in [5, 5.41) is 3.98. The van der Waals surface area contributed by atoms with Crippen LogP contribution in [0.2, 0.25) is 0 Å². The minimum atomic E-state index is 0.653. The molecule has 1 N–H and O–H groups in total. The van der Waals surface area contributed by atoms with E-state index in [0.717, 1.165) is 6.54 Å². The molecule has 0 spiro atoms. The lowest BCUT2D eigenvalue weighted by molar-refractivity contribution is 0.707. The molecule has 1 aliphatic heterocycles. The highest BCUT2D eigenvalue weighted by atomic mass is 15.3. The van der Waals surface area contributed by atoms with Crippen molar-refractivity contribution in [2.24, 2.45) is 11.0 Å². The lowest BCUT2D eigenvalue weighted by Gasteiger charge is -1.94. The van der Waals surface area contributed by atoms with Crippen LogP contribution in [0.15, 0.2) is 5.10 Å². The normalized spacial score (nSPS) is 29.4. The Morgan fingerprint density at radius 2 is 2.57 bits per heavy atom. The van der Waals surface area contributed by atoms with E-state index in [4.69, 9.17) is 0 Å². The molecular formula is C5H10N2. The molecule has 1 aliphatic rings. The van der Waals surface area contributed by atoms with E-state index >= 15 is 0 Å². The maximum atomic E-state index is 3.98. The maximum absolute atomic E-state index is 3.98. The van der Waals surface area contributed by atoms with E-state index in [-0.39, 0.29) is 0 Å². The van der Waals surface area contributed by atoms with E-state index in [1.807, 2.05) is 6.92 Å². The van der Waals surface area contributed by atoms with Gasteiger partial charge in [-0.25, -0.2) is 0 Å². The van der Waals surface area contributed by atoms with Crippen molar-refractivity contribution >= 4 is 5.71 Å². The van der Waals surface area contributed by atoms with E-state index in [1.165, 1.54) is 5.71 Å². The van der Waals surface area contributed by atoms with Crippen LogP contribution in [0, 0.1) is 5.92 Å². The molecule has 0 aromatic carbocycles. The third-order valence-corrected chi connectivity index (χ3v) is 1.37. The molecule has 1 rings (SSSR count). The average Bonchev–Trinajstić information content (AvgIpc) is 1.91. The molecule has 0 aromatic heterocycles. The minimum absolute atomic E-state index is 0.653. The molecule has 0 aromatic rings. The zero-order chi connectivity index (χ0) is 5.28. The van der Waals surface area contributed by atoms with Gasteiger partial charge in [0.25, 0.3) is 0 Å². The van der Waals surface area contributed by atoms with Gasteiger partial charge in [0.05, 0.1) is 0 Å². The van der Waals surface area contributed by atoms with Crippen LogP contribution >= 0.6 is 0 Å². The van der Waals surface area contributed by atoms with Crippen LogP contribution in [0.25, 0.3) is 0 Å². The van der Waals surface area contributed by atoms with Crippen LogP contribution in [0.5, 0.6) is 0 Å². The van der Waals surface area contributed by atoms with Crippen molar-refractivity contribution in [1.82, 2.24) is 5.43 Å². The van der Waals surface area contributed by atoms with Gasteiger partial charge >= 0.3 is 0 Å². The summed E-state index contributed by atoms with van der Waals surface area (Å²) in [6, 6.07) is 0. The van der Waals surface area contributed by atoms with Crippen LogP contribution < -0.4 is 5.43 Å². The summed E-state index contributed by atoms with van der Waals surface area (Å²) in [6.45, 7) is 5.23. The highest BCUT2D eigenvalue weighted by Gasteiger charge is 2.09. The van der Waals surface area contributed by atoms with Gasteiger partial charge in [0.1, 0.15) is 0 Å². The Morgan fingerprint density at radius 3 is 2.71 bits per heavy atom. The van der Waals surface area contributed by atoms with Crippen molar-refractivity contribution in [3.8, 4) is 0 Å². The first-order chi connectivity index (χ1) is 3.30. The summed E-state index contributed by atoms with van der Waals surface area (Å²) < 4.78 is 0. The number of hydrogen-bond donors (Lipinski definition) is 1. The Balaban J connectivity index is 2.54. The van der Waals surface area contributed by atoms with Crippen molar-refractivity contribution < 1.29 is 0 Å². The van der Waals surface area contributed by atoms with E-state index in [2.05, 4.69) is 17.5 Å². The van der Waals surface area contributed by atoms with Crippen LogP contribution in [-0.2, 0) is 0 Å². The molecule has 2 nitrogen and oxygen atoms in total. The molecule has 0 amide bonds. The van der Waals surface area contributed by atoms with Gasteiger partial charge in [0, 0.05) is 18.2 Å². The van der Waals surface area contributed by atoms with Gasteiger partial charge in [0.15, 0.2) is 0 Å². The first-order valence-corrected chi connectivity index (χ1v) is 2.58. The van der Waals surface area contributed by atoms with Crippen molar-refractivity contribution in [3.05, 3.63) is 0 Å². The number of hydrogen-bond acceptors (Lipinski definition) is 2. The molecule has 7 heavy (non-hydrogen) atoms. The van der Waals surface area contributed by atoms with Crippen LogP contribution in [0.3, 0.4) is 0 Å². The fourth-order valence-corrected chi connectivity index (χ4v) is 0.565. The summed E-state index contributed by atoms with van der Waals surface area (Å²) in [6.07, 6.45) is 0. The molecule has 0 radical (unpaired) electrons. The Kier molecular flexibility index (Phi) is 1.01. The SMILES string of the molecule is CC1=NNCC1C. The summed E-state index contributed by atoms with van der Waals surface area (Å²) in [5.74, 6) is 0.653. The number of nitrogens with zero attached hydrogens (tertiary/aromatic N) is 1. The second kappa shape index (κ2) is 1.52. The third kappa shape index (κ3) is 0.734. The second-order valence-corrected chi connectivity index (χ2v) is 2.02. The first-order valence-electron chi connectivity index (χ1n) is 2.58. The van der Waals surface area contributed by atoms with E-state index in [9.17, 15) is 0 Å². The van der Waals surface area contributed by atoms with Gasteiger partial charge in [-0.05, 0) is 6.92 Å². The molecule has 0 saturated carbocycles. The fraction of sp³-hybridized carbons (Fsp3) is 0.800. The van der Waals surface area contributed by atoms with Gasteiger partial charge in [-0.15, -0.1) is 0 Å². The summed E-state index contributed by atoms with van der Waals surface area (Å²) in [7, 11) is 0. The molecule has 0 aliphatic carbocycles. The van der Waals surface area contributed by atoms with Crippen molar-refractivity contribution in [2.45, 2.75) is 13.8 Å². The zero-order valence-electron chi connectivity index (χ0n) is 4.73. The standard InChI is InChI=1S/C5H10N2/c1-4-3-6-7-5(4)2/h4,6H,3H2,1-2H3. The fourth-order valence-electron chi connectivity index (χ4n) is 0.565. The Bertz CT molecular complexity index is 96.3.